The van der Waals surface area contributed by atoms with Crippen molar-refractivity contribution in [2.24, 2.45) is 5.92 Å². The molecule has 1 fully saturated rings. The smallest absolute Gasteiger partial charge is 0.264 e. The lowest BCUT2D eigenvalue weighted by atomic mass is 10.1. The number of rotatable bonds is 6. The number of nitrogens with zero attached hydrogens (tertiary/aromatic N) is 3. The number of para-hydroxylation sites is 1. The minimum Gasteiger partial charge on any atom is -0.396 e. The van der Waals surface area contributed by atoms with Crippen molar-refractivity contribution in [2.75, 3.05) is 17.2 Å². The average molecular weight is 435 g/mol. The fourth-order valence-electron chi connectivity index (χ4n) is 3.95. The molecule has 1 saturated carbocycles. The second-order valence-corrected chi connectivity index (χ2v) is 8.72. The van der Waals surface area contributed by atoms with Crippen LogP contribution in [0.3, 0.4) is 0 Å². The van der Waals surface area contributed by atoms with E-state index in [1.807, 2.05) is 24.3 Å². The molecule has 9 heteroatoms. The van der Waals surface area contributed by atoms with Gasteiger partial charge in [-0.15, -0.1) is 11.3 Å². The molecule has 0 saturated heterocycles. The van der Waals surface area contributed by atoms with Crippen LogP contribution in [0.15, 0.2) is 53.6 Å². The zero-order valence-corrected chi connectivity index (χ0v) is 17.5. The van der Waals surface area contributed by atoms with E-state index in [-0.39, 0.29) is 24.1 Å². The van der Waals surface area contributed by atoms with Gasteiger partial charge in [0.2, 0.25) is 5.95 Å². The van der Waals surface area contributed by atoms with E-state index in [0.29, 0.717) is 22.3 Å². The highest BCUT2D eigenvalue weighted by Gasteiger charge is 2.26. The van der Waals surface area contributed by atoms with E-state index in [1.165, 1.54) is 11.3 Å². The van der Waals surface area contributed by atoms with Crippen LogP contribution in [0, 0.1) is 5.92 Å². The maximum atomic E-state index is 13.2. The first kappa shape index (κ1) is 19.7. The molecule has 2 atom stereocenters. The summed E-state index contributed by atoms with van der Waals surface area (Å²) in [7, 11) is 0. The first-order valence-electron chi connectivity index (χ1n) is 10.2. The van der Waals surface area contributed by atoms with Gasteiger partial charge >= 0.3 is 0 Å². The Kier molecular flexibility index (Phi) is 5.35. The Morgan fingerprint density at radius 2 is 1.97 bits per heavy atom. The predicted molar refractivity (Wildman–Crippen MR) is 123 cm³/mol. The molecule has 5 rings (SSSR count). The summed E-state index contributed by atoms with van der Waals surface area (Å²) in [5, 5.41) is 16.7. The summed E-state index contributed by atoms with van der Waals surface area (Å²) in [5.41, 5.74) is 1.81. The highest BCUT2D eigenvalue weighted by atomic mass is 32.1. The van der Waals surface area contributed by atoms with Crippen LogP contribution in [0.1, 0.15) is 19.3 Å². The number of aromatic nitrogens is 4. The minimum absolute atomic E-state index is 0.147. The number of thiazole rings is 1. The van der Waals surface area contributed by atoms with Crippen LogP contribution in [0.25, 0.3) is 20.8 Å². The number of nitrogens with one attached hydrogen (secondary N) is 3. The summed E-state index contributed by atoms with van der Waals surface area (Å²) >= 11 is 1.47. The van der Waals surface area contributed by atoms with Gasteiger partial charge in [-0.3, -0.25) is 14.8 Å². The molecule has 0 radical (unpaired) electrons. The Morgan fingerprint density at radius 3 is 2.74 bits per heavy atom. The number of pyridine rings is 1. The molecule has 0 aliphatic heterocycles. The highest BCUT2D eigenvalue weighted by Crippen LogP contribution is 2.34. The number of aromatic amines is 1. The third kappa shape index (κ3) is 4.14. The van der Waals surface area contributed by atoms with Crippen molar-refractivity contribution < 1.29 is 5.11 Å². The number of H-pyrrole nitrogens is 1. The number of fused-ring (bicyclic) bond motifs is 1. The van der Waals surface area contributed by atoms with Gasteiger partial charge in [-0.25, -0.2) is 4.98 Å². The predicted octanol–water partition coefficient (Wildman–Crippen LogP) is 3.76. The van der Waals surface area contributed by atoms with E-state index in [9.17, 15) is 9.90 Å². The standard InChI is InChI=1S/C22H22N6O2S/c29-12-13-5-6-15(11-13)24-19-18(21-26-16-3-1-2-4-17(16)31-21)20(30)28-22(27-19)25-14-7-9-23-10-8-14/h1-4,7-10,13,15,29H,5-6,11-12H2,(H3,23,24,25,27,28,30). The first-order chi connectivity index (χ1) is 15.2. The summed E-state index contributed by atoms with van der Waals surface area (Å²) in [6, 6.07) is 11.6. The second-order valence-electron chi connectivity index (χ2n) is 7.69. The van der Waals surface area contributed by atoms with Crippen LogP contribution in [0.4, 0.5) is 17.5 Å². The van der Waals surface area contributed by atoms with Gasteiger partial charge in [0.25, 0.3) is 5.56 Å². The zero-order chi connectivity index (χ0) is 21.2. The van der Waals surface area contributed by atoms with Crippen LogP contribution >= 0.6 is 11.3 Å². The van der Waals surface area contributed by atoms with Crippen molar-refractivity contribution in [1.82, 2.24) is 19.9 Å². The summed E-state index contributed by atoms with van der Waals surface area (Å²) in [5.74, 6) is 1.13. The molecule has 1 aliphatic carbocycles. The van der Waals surface area contributed by atoms with Crippen molar-refractivity contribution >= 4 is 39.0 Å². The van der Waals surface area contributed by atoms with Crippen molar-refractivity contribution in [3.8, 4) is 10.6 Å². The Hall–Kier alpha value is -3.30. The maximum Gasteiger partial charge on any atom is 0.264 e. The average Bonchev–Trinajstić information content (AvgIpc) is 3.40. The summed E-state index contributed by atoms with van der Waals surface area (Å²) < 4.78 is 1.02. The molecule has 31 heavy (non-hydrogen) atoms. The molecule has 1 aliphatic rings. The van der Waals surface area contributed by atoms with Gasteiger partial charge in [0, 0.05) is 30.7 Å². The number of anilines is 3. The van der Waals surface area contributed by atoms with Crippen molar-refractivity contribution in [3.05, 3.63) is 59.1 Å². The largest absolute Gasteiger partial charge is 0.396 e. The van der Waals surface area contributed by atoms with Gasteiger partial charge in [-0.2, -0.15) is 4.98 Å². The summed E-state index contributed by atoms with van der Waals surface area (Å²) in [6.45, 7) is 0.181. The van der Waals surface area contributed by atoms with Crippen molar-refractivity contribution in [1.29, 1.82) is 0 Å². The van der Waals surface area contributed by atoms with E-state index in [2.05, 4.69) is 25.6 Å². The normalized spacial score (nSPS) is 18.4. The maximum absolute atomic E-state index is 13.2. The van der Waals surface area contributed by atoms with Crippen molar-refractivity contribution in [2.45, 2.75) is 25.3 Å². The number of benzene rings is 1. The molecule has 1 aromatic carbocycles. The molecule has 158 valence electrons. The molecule has 0 amide bonds. The third-order valence-electron chi connectivity index (χ3n) is 5.51. The Balaban J connectivity index is 1.55. The van der Waals surface area contributed by atoms with Crippen LogP contribution in [0.5, 0.6) is 0 Å². The molecule has 8 nitrogen and oxygen atoms in total. The summed E-state index contributed by atoms with van der Waals surface area (Å²) in [6.07, 6.45) is 6.06. The van der Waals surface area contributed by atoms with Crippen LogP contribution in [-0.2, 0) is 0 Å². The van der Waals surface area contributed by atoms with Crippen molar-refractivity contribution in [3.63, 3.8) is 0 Å². The van der Waals surface area contributed by atoms with E-state index in [1.54, 1.807) is 24.5 Å². The molecule has 0 spiro atoms. The SMILES string of the molecule is O=c1[nH]c(Nc2ccncc2)nc(NC2CCC(CO)C2)c1-c1nc2ccccc2s1. The van der Waals surface area contributed by atoms with Gasteiger partial charge in [0.15, 0.2) is 0 Å². The lowest BCUT2D eigenvalue weighted by Gasteiger charge is -2.17. The molecule has 4 N–H and O–H groups in total. The zero-order valence-electron chi connectivity index (χ0n) is 16.7. The molecular weight excluding hydrogens is 412 g/mol. The number of aliphatic hydroxyl groups excluding tert-OH is 1. The lowest BCUT2D eigenvalue weighted by molar-refractivity contribution is 0.229. The van der Waals surface area contributed by atoms with Gasteiger partial charge in [-0.05, 0) is 49.4 Å². The van der Waals surface area contributed by atoms with E-state index in [0.717, 1.165) is 35.2 Å². The molecule has 3 aromatic heterocycles. The van der Waals surface area contributed by atoms with Gasteiger partial charge in [0.1, 0.15) is 16.4 Å². The van der Waals surface area contributed by atoms with Crippen LogP contribution < -0.4 is 16.2 Å². The van der Waals surface area contributed by atoms with Gasteiger partial charge in [-0.1, -0.05) is 12.1 Å². The molecule has 3 heterocycles. The van der Waals surface area contributed by atoms with E-state index < -0.39 is 0 Å². The summed E-state index contributed by atoms with van der Waals surface area (Å²) in [4.78, 5) is 29.4. The highest BCUT2D eigenvalue weighted by molar-refractivity contribution is 7.21. The van der Waals surface area contributed by atoms with E-state index in [4.69, 9.17) is 4.98 Å². The fraction of sp³-hybridized carbons (Fsp3) is 0.273. The molecule has 2 unspecified atom stereocenters. The Labute approximate surface area is 182 Å². The first-order valence-corrected chi connectivity index (χ1v) is 11.1. The Bertz CT molecular complexity index is 1220. The second kappa shape index (κ2) is 8.44. The van der Waals surface area contributed by atoms with E-state index >= 15 is 0 Å². The monoisotopic (exact) mass is 434 g/mol. The number of aliphatic hydroxyl groups is 1. The van der Waals surface area contributed by atoms with Crippen LogP contribution in [-0.4, -0.2) is 37.7 Å². The number of hydrogen-bond acceptors (Lipinski definition) is 8. The quantitative estimate of drug-likeness (QED) is 0.365. The fourth-order valence-corrected chi connectivity index (χ4v) is 4.96. The minimum atomic E-state index is -0.259. The topological polar surface area (TPSA) is 116 Å². The third-order valence-corrected chi connectivity index (χ3v) is 6.56. The number of hydrogen-bond donors (Lipinski definition) is 4. The molecule has 0 bridgehead atoms. The van der Waals surface area contributed by atoms with Crippen LogP contribution in [0.2, 0.25) is 0 Å². The van der Waals surface area contributed by atoms with Gasteiger partial charge in [0.05, 0.1) is 10.2 Å². The van der Waals surface area contributed by atoms with Gasteiger partial charge < -0.3 is 15.7 Å². The molecule has 4 aromatic rings. The lowest BCUT2D eigenvalue weighted by Crippen LogP contribution is -2.22. The molecular formula is C22H22N6O2S. The Morgan fingerprint density at radius 1 is 1.13 bits per heavy atom.